The minimum atomic E-state index is -0.0972. The van der Waals surface area contributed by atoms with Crippen LogP contribution in [0.5, 0.6) is 0 Å². The van der Waals surface area contributed by atoms with Gasteiger partial charge in [0, 0.05) is 10.2 Å². The van der Waals surface area contributed by atoms with Crippen LogP contribution in [0.1, 0.15) is 22.9 Å². The number of benzene rings is 3. The monoisotopic (exact) mass is 388 g/mol. The molecule has 0 aromatic heterocycles. The summed E-state index contributed by atoms with van der Waals surface area (Å²) < 4.78 is 1.07. The van der Waals surface area contributed by atoms with Gasteiger partial charge in [0.1, 0.15) is 6.17 Å². The maximum atomic E-state index is 4.94. The maximum Gasteiger partial charge on any atom is 0.145 e. The fraction of sp³-hybridized carbons (Fsp3) is 0.0455. The Hall–Kier alpha value is -2.65. The summed E-state index contributed by atoms with van der Waals surface area (Å²) in [5.74, 6) is 0. The van der Waals surface area contributed by atoms with E-state index in [0.717, 1.165) is 32.6 Å². The molecule has 1 aliphatic heterocycles. The first kappa shape index (κ1) is 15.9. The minimum absolute atomic E-state index is 0.0972. The van der Waals surface area contributed by atoms with Gasteiger partial charge in [0.05, 0.1) is 5.71 Å². The van der Waals surface area contributed by atoms with Crippen LogP contribution in [0.3, 0.4) is 0 Å². The first-order valence-corrected chi connectivity index (χ1v) is 9.01. The van der Waals surface area contributed by atoms with Gasteiger partial charge >= 0.3 is 0 Å². The molecule has 1 N–H and O–H groups in total. The van der Waals surface area contributed by atoms with Crippen LogP contribution in [0.25, 0.3) is 5.70 Å². The predicted octanol–water partition coefficient (Wildman–Crippen LogP) is 5.58. The Morgan fingerprint density at radius 3 is 2.04 bits per heavy atom. The van der Waals surface area contributed by atoms with Crippen LogP contribution in [-0.2, 0) is 0 Å². The SMILES string of the molecule is Brc1ccc(C2=CC(c3ccccc3)=NC(c3ccccc3)N2)cc1. The Morgan fingerprint density at radius 1 is 0.720 bits per heavy atom. The van der Waals surface area contributed by atoms with Gasteiger partial charge < -0.3 is 5.32 Å². The molecule has 0 spiro atoms. The Bertz CT molecular complexity index is 913. The molecule has 0 amide bonds. The Labute approximate surface area is 156 Å². The number of hydrogen-bond donors (Lipinski definition) is 1. The quantitative estimate of drug-likeness (QED) is 0.621. The highest BCUT2D eigenvalue weighted by Crippen LogP contribution is 2.27. The third-order valence-electron chi connectivity index (χ3n) is 4.18. The number of allylic oxidation sites excluding steroid dienone is 1. The molecule has 3 heteroatoms. The van der Waals surface area contributed by atoms with Crippen molar-refractivity contribution in [3.63, 3.8) is 0 Å². The first-order chi connectivity index (χ1) is 12.3. The van der Waals surface area contributed by atoms with Crippen molar-refractivity contribution in [2.75, 3.05) is 0 Å². The molecule has 0 saturated carbocycles. The standard InChI is InChI=1S/C22H17BrN2/c23-19-13-11-17(12-14-19)21-15-20(16-7-3-1-4-8-16)24-22(25-21)18-9-5-2-6-10-18/h1-15,22,25H. The van der Waals surface area contributed by atoms with Crippen LogP contribution in [0.2, 0.25) is 0 Å². The molecule has 0 saturated heterocycles. The molecule has 122 valence electrons. The minimum Gasteiger partial charge on any atom is -0.360 e. The van der Waals surface area contributed by atoms with E-state index >= 15 is 0 Å². The fourth-order valence-corrected chi connectivity index (χ4v) is 3.15. The molecule has 3 aromatic carbocycles. The molecule has 1 aliphatic rings. The van der Waals surface area contributed by atoms with Crippen molar-refractivity contribution in [3.05, 3.63) is 112 Å². The molecule has 1 unspecified atom stereocenters. The number of nitrogens with one attached hydrogen (secondary N) is 1. The van der Waals surface area contributed by atoms with E-state index in [9.17, 15) is 0 Å². The molecule has 1 heterocycles. The highest BCUT2D eigenvalue weighted by atomic mass is 79.9. The van der Waals surface area contributed by atoms with Crippen molar-refractivity contribution >= 4 is 27.3 Å². The van der Waals surface area contributed by atoms with E-state index in [1.165, 1.54) is 0 Å². The zero-order chi connectivity index (χ0) is 17.1. The van der Waals surface area contributed by atoms with E-state index in [-0.39, 0.29) is 6.17 Å². The molecule has 1 atom stereocenters. The van der Waals surface area contributed by atoms with Gasteiger partial charge in [-0.1, -0.05) is 88.7 Å². The van der Waals surface area contributed by atoms with Gasteiger partial charge in [0.15, 0.2) is 0 Å². The number of hydrogen-bond acceptors (Lipinski definition) is 2. The van der Waals surface area contributed by atoms with E-state index in [1.807, 2.05) is 36.4 Å². The zero-order valence-electron chi connectivity index (χ0n) is 13.6. The zero-order valence-corrected chi connectivity index (χ0v) is 15.1. The summed E-state index contributed by atoms with van der Waals surface area (Å²) in [5, 5.41) is 3.56. The Morgan fingerprint density at radius 2 is 1.36 bits per heavy atom. The van der Waals surface area contributed by atoms with Crippen LogP contribution >= 0.6 is 15.9 Å². The van der Waals surface area contributed by atoms with E-state index in [0.29, 0.717) is 0 Å². The van der Waals surface area contributed by atoms with Crippen molar-refractivity contribution < 1.29 is 0 Å². The second kappa shape index (κ2) is 7.08. The summed E-state index contributed by atoms with van der Waals surface area (Å²) in [6.45, 7) is 0. The van der Waals surface area contributed by atoms with Gasteiger partial charge in [-0.25, -0.2) is 0 Å². The van der Waals surface area contributed by atoms with Crippen LogP contribution in [-0.4, -0.2) is 5.71 Å². The predicted molar refractivity (Wildman–Crippen MR) is 107 cm³/mol. The van der Waals surface area contributed by atoms with Crippen molar-refractivity contribution in [1.29, 1.82) is 0 Å². The van der Waals surface area contributed by atoms with E-state index in [2.05, 4.69) is 75.9 Å². The van der Waals surface area contributed by atoms with Crippen molar-refractivity contribution in [3.8, 4) is 0 Å². The van der Waals surface area contributed by atoms with Crippen molar-refractivity contribution in [2.24, 2.45) is 4.99 Å². The highest BCUT2D eigenvalue weighted by Gasteiger charge is 2.19. The molecule has 0 aliphatic carbocycles. The summed E-state index contributed by atoms with van der Waals surface area (Å²) in [6, 6.07) is 29.0. The van der Waals surface area contributed by atoms with E-state index in [1.54, 1.807) is 0 Å². The maximum absolute atomic E-state index is 4.94. The molecule has 0 radical (unpaired) electrons. The molecule has 2 nitrogen and oxygen atoms in total. The van der Waals surface area contributed by atoms with Crippen molar-refractivity contribution in [1.82, 2.24) is 5.32 Å². The summed E-state index contributed by atoms with van der Waals surface area (Å²) in [4.78, 5) is 4.94. The summed E-state index contributed by atoms with van der Waals surface area (Å²) in [6.07, 6.45) is 2.03. The lowest BCUT2D eigenvalue weighted by Crippen LogP contribution is -2.24. The third-order valence-corrected chi connectivity index (χ3v) is 4.71. The molecule has 3 aromatic rings. The number of halogens is 1. The van der Waals surface area contributed by atoms with E-state index < -0.39 is 0 Å². The Kier molecular flexibility index (Phi) is 4.49. The van der Waals surface area contributed by atoms with Crippen LogP contribution in [0, 0.1) is 0 Å². The lowest BCUT2D eigenvalue weighted by atomic mass is 10.0. The van der Waals surface area contributed by atoms with Crippen LogP contribution in [0.4, 0.5) is 0 Å². The largest absolute Gasteiger partial charge is 0.360 e. The van der Waals surface area contributed by atoms with Gasteiger partial charge in [-0.15, -0.1) is 0 Å². The van der Waals surface area contributed by atoms with Gasteiger partial charge in [0.2, 0.25) is 0 Å². The Balaban J connectivity index is 1.78. The lowest BCUT2D eigenvalue weighted by molar-refractivity contribution is 0.664. The average molecular weight is 389 g/mol. The summed E-state index contributed by atoms with van der Waals surface area (Å²) >= 11 is 3.50. The van der Waals surface area contributed by atoms with Gasteiger partial charge in [-0.05, 0) is 34.9 Å². The molecule has 4 rings (SSSR count). The van der Waals surface area contributed by atoms with Crippen molar-refractivity contribution in [2.45, 2.75) is 6.17 Å². The average Bonchev–Trinajstić information content (AvgIpc) is 2.69. The van der Waals surface area contributed by atoms with Crippen LogP contribution < -0.4 is 5.32 Å². The lowest BCUT2D eigenvalue weighted by Gasteiger charge is -2.25. The van der Waals surface area contributed by atoms with E-state index in [4.69, 9.17) is 4.99 Å². The van der Waals surface area contributed by atoms with Gasteiger partial charge in [0.25, 0.3) is 0 Å². The van der Waals surface area contributed by atoms with Gasteiger partial charge in [-0.3, -0.25) is 4.99 Å². The fourth-order valence-electron chi connectivity index (χ4n) is 2.89. The number of aliphatic imine (C=N–C) groups is 1. The molecular formula is C22H17BrN2. The third kappa shape index (κ3) is 3.57. The number of rotatable bonds is 3. The second-order valence-electron chi connectivity index (χ2n) is 5.90. The molecule has 25 heavy (non-hydrogen) atoms. The summed E-state index contributed by atoms with van der Waals surface area (Å²) in [7, 11) is 0. The smallest absolute Gasteiger partial charge is 0.145 e. The topological polar surface area (TPSA) is 24.4 Å². The molecular weight excluding hydrogens is 372 g/mol. The first-order valence-electron chi connectivity index (χ1n) is 8.22. The van der Waals surface area contributed by atoms with Gasteiger partial charge in [-0.2, -0.15) is 0 Å². The molecule has 0 bridgehead atoms. The normalized spacial score (nSPS) is 16.6. The summed E-state index contributed by atoms with van der Waals surface area (Å²) in [5.41, 5.74) is 5.49. The highest BCUT2D eigenvalue weighted by molar-refractivity contribution is 9.10. The second-order valence-corrected chi connectivity index (χ2v) is 6.82. The molecule has 0 fully saturated rings. The van der Waals surface area contributed by atoms with Crippen LogP contribution in [0.15, 0.2) is 100 Å². The number of nitrogens with zero attached hydrogens (tertiary/aromatic N) is 1.